The summed E-state index contributed by atoms with van der Waals surface area (Å²) in [6.07, 6.45) is 3.90. The summed E-state index contributed by atoms with van der Waals surface area (Å²) in [5, 5.41) is 8.88. The zero-order chi connectivity index (χ0) is 18.2. The molecule has 0 amide bonds. The van der Waals surface area contributed by atoms with E-state index in [0.717, 1.165) is 44.8 Å². The number of hydrogen-bond acceptors (Lipinski definition) is 6. The van der Waals surface area contributed by atoms with Gasteiger partial charge in [0, 0.05) is 25.8 Å². The van der Waals surface area contributed by atoms with Crippen LogP contribution in [0.5, 0.6) is 5.75 Å². The highest BCUT2D eigenvalue weighted by Gasteiger charge is 2.20. The van der Waals surface area contributed by atoms with Crippen LogP contribution >= 0.6 is 0 Å². The first kappa shape index (κ1) is 18.6. The summed E-state index contributed by atoms with van der Waals surface area (Å²) in [6.45, 7) is 3.83. The molecule has 3 N–H and O–H groups in total. The molecule has 26 heavy (non-hydrogen) atoms. The lowest BCUT2D eigenvalue weighted by Crippen LogP contribution is -2.42. The summed E-state index contributed by atoms with van der Waals surface area (Å²) in [6, 6.07) is 12.0. The number of morpholine rings is 1. The molecule has 1 atom stereocenters. The van der Waals surface area contributed by atoms with Crippen LogP contribution in [-0.2, 0) is 17.7 Å². The van der Waals surface area contributed by atoms with Crippen LogP contribution in [0.3, 0.4) is 0 Å². The Morgan fingerprint density at radius 2 is 2.19 bits per heavy atom. The summed E-state index contributed by atoms with van der Waals surface area (Å²) in [5.41, 5.74) is 8.16. The fraction of sp³-hybridized carbons (Fsp3) is 0.450. The van der Waals surface area contributed by atoms with Gasteiger partial charge in [-0.25, -0.2) is 4.98 Å². The number of anilines is 1. The maximum absolute atomic E-state index is 8.88. The van der Waals surface area contributed by atoms with Crippen molar-refractivity contribution in [2.75, 3.05) is 38.6 Å². The van der Waals surface area contributed by atoms with Crippen LogP contribution < -0.4 is 10.5 Å². The molecule has 2 aromatic rings. The van der Waals surface area contributed by atoms with Crippen LogP contribution in [0.2, 0.25) is 0 Å². The molecule has 1 aliphatic heterocycles. The predicted molar refractivity (Wildman–Crippen MR) is 101 cm³/mol. The molecule has 1 saturated heterocycles. The molecule has 1 aromatic carbocycles. The summed E-state index contributed by atoms with van der Waals surface area (Å²) >= 11 is 0. The lowest BCUT2D eigenvalue weighted by molar-refractivity contribution is -0.0345. The van der Waals surface area contributed by atoms with Crippen LogP contribution in [0.1, 0.15) is 17.5 Å². The first-order valence-electron chi connectivity index (χ1n) is 9.10. The van der Waals surface area contributed by atoms with Gasteiger partial charge in [-0.05, 0) is 48.2 Å². The smallest absolute Gasteiger partial charge is 0.123 e. The van der Waals surface area contributed by atoms with Gasteiger partial charge in [0.25, 0.3) is 0 Å². The normalized spacial score (nSPS) is 18.0. The van der Waals surface area contributed by atoms with Gasteiger partial charge in [0.1, 0.15) is 18.2 Å². The molecule has 0 aliphatic carbocycles. The fourth-order valence-electron chi connectivity index (χ4n) is 3.23. The number of benzene rings is 1. The Morgan fingerprint density at radius 1 is 1.27 bits per heavy atom. The quantitative estimate of drug-likeness (QED) is 0.751. The lowest BCUT2D eigenvalue weighted by Gasteiger charge is -2.33. The number of nitrogens with zero attached hydrogens (tertiary/aromatic N) is 2. The first-order valence-corrected chi connectivity index (χ1v) is 9.10. The second-order valence-corrected chi connectivity index (χ2v) is 6.58. The minimum Gasteiger partial charge on any atom is -0.491 e. The Labute approximate surface area is 154 Å². The molecular formula is C20H27N3O3. The van der Waals surface area contributed by atoms with Crippen molar-refractivity contribution >= 4 is 5.82 Å². The van der Waals surface area contributed by atoms with Crippen molar-refractivity contribution in [2.45, 2.75) is 25.5 Å². The monoisotopic (exact) mass is 357 g/mol. The van der Waals surface area contributed by atoms with Crippen molar-refractivity contribution in [3.63, 3.8) is 0 Å². The SMILES string of the molecule is Nc1cc(CC[C@@H]2CN(Cc3cccc(OCCO)c3)CCO2)ccn1. The van der Waals surface area contributed by atoms with Crippen LogP contribution in [0.4, 0.5) is 5.82 Å². The molecule has 0 saturated carbocycles. The largest absolute Gasteiger partial charge is 0.491 e. The van der Waals surface area contributed by atoms with E-state index < -0.39 is 0 Å². The number of ether oxygens (including phenoxy) is 2. The minimum absolute atomic E-state index is 0.0263. The number of aryl methyl sites for hydroxylation is 1. The molecule has 0 radical (unpaired) electrons. The highest BCUT2D eigenvalue weighted by molar-refractivity contribution is 5.32. The highest BCUT2D eigenvalue weighted by Crippen LogP contribution is 2.18. The number of nitrogens with two attached hydrogens (primary N) is 1. The van der Waals surface area contributed by atoms with Crippen molar-refractivity contribution < 1.29 is 14.6 Å². The third-order valence-corrected chi connectivity index (χ3v) is 4.49. The molecule has 0 unspecified atom stereocenters. The van der Waals surface area contributed by atoms with Gasteiger partial charge in [0.15, 0.2) is 0 Å². The van der Waals surface area contributed by atoms with E-state index >= 15 is 0 Å². The van der Waals surface area contributed by atoms with Crippen molar-refractivity contribution in [3.05, 3.63) is 53.7 Å². The maximum Gasteiger partial charge on any atom is 0.123 e. The van der Waals surface area contributed by atoms with E-state index in [4.69, 9.17) is 20.3 Å². The standard InChI is InChI=1S/C20H27N3O3/c21-20-13-16(6-7-22-20)4-5-19-15-23(8-10-25-19)14-17-2-1-3-18(12-17)26-11-9-24/h1-3,6-7,12-13,19,24H,4-5,8-11,14-15H2,(H2,21,22)/t19-/m1/s1. The van der Waals surface area contributed by atoms with E-state index in [1.54, 1.807) is 6.20 Å². The van der Waals surface area contributed by atoms with E-state index in [2.05, 4.69) is 16.0 Å². The topological polar surface area (TPSA) is 80.8 Å². The molecule has 6 heteroatoms. The molecule has 1 fully saturated rings. The zero-order valence-electron chi connectivity index (χ0n) is 15.0. The summed E-state index contributed by atoms with van der Waals surface area (Å²) in [4.78, 5) is 6.45. The molecule has 140 valence electrons. The molecule has 2 heterocycles. The summed E-state index contributed by atoms with van der Waals surface area (Å²) in [5.74, 6) is 1.37. The Morgan fingerprint density at radius 3 is 3.04 bits per heavy atom. The van der Waals surface area contributed by atoms with Gasteiger partial charge in [-0.1, -0.05) is 12.1 Å². The van der Waals surface area contributed by atoms with E-state index in [9.17, 15) is 0 Å². The molecular weight excluding hydrogens is 330 g/mol. The number of aliphatic hydroxyl groups excluding tert-OH is 1. The van der Waals surface area contributed by atoms with Crippen LogP contribution in [0.25, 0.3) is 0 Å². The summed E-state index contributed by atoms with van der Waals surface area (Å²) in [7, 11) is 0. The molecule has 3 rings (SSSR count). The van der Waals surface area contributed by atoms with E-state index in [1.165, 1.54) is 11.1 Å². The molecule has 1 aliphatic rings. The second-order valence-electron chi connectivity index (χ2n) is 6.58. The summed E-state index contributed by atoms with van der Waals surface area (Å²) < 4.78 is 11.4. The number of hydrogen-bond donors (Lipinski definition) is 2. The van der Waals surface area contributed by atoms with Crippen LogP contribution in [-0.4, -0.2) is 54.0 Å². The first-order chi connectivity index (χ1) is 12.7. The number of aliphatic hydroxyl groups is 1. The van der Waals surface area contributed by atoms with Crippen LogP contribution in [0.15, 0.2) is 42.6 Å². The molecule has 1 aromatic heterocycles. The van der Waals surface area contributed by atoms with Gasteiger partial charge in [-0.2, -0.15) is 0 Å². The Hall–Kier alpha value is -2.15. The van der Waals surface area contributed by atoms with Gasteiger partial charge < -0.3 is 20.3 Å². The van der Waals surface area contributed by atoms with Crippen molar-refractivity contribution in [3.8, 4) is 5.75 Å². The molecule has 0 bridgehead atoms. The third-order valence-electron chi connectivity index (χ3n) is 4.49. The molecule has 0 spiro atoms. The van der Waals surface area contributed by atoms with Gasteiger partial charge in [0.05, 0.1) is 19.3 Å². The van der Waals surface area contributed by atoms with Gasteiger partial charge >= 0.3 is 0 Å². The molecule has 6 nitrogen and oxygen atoms in total. The highest BCUT2D eigenvalue weighted by atomic mass is 16.5. The van der Waals surface area contributed by atoms with Crippen molar-refractivity contribution in [2.24, 2.45) is 0 Å². The Bertz CT molecular complexity index is 696. The van der Waals surface area contributed by atoms with Crippen molar-refractivity contribution in [1.82, 2.24) is 9.88 Å². The third kappa shape index (κ3) is 5.69. The van der Waals surface area contributed by atoms with E-state index in [1.807, 2.05) is 30.3 Å². The Kier molecular flexibility index (Phi) is 6.82. The predicted octanol–water partition coefficient (Wildman–Crippen LogP) is 1.87. The number of rotatable bonds is 8. The van der Waals surface area contributed by atoms with E-state index in [-0.39, 0.29) is 12.7 Å². The van der Waals surface area contributed by atoms with E-state index in [0.29, 0.717) is 12.4 Å². The average Bonchev–Trinajstić information content (AvgIpc) is 2.65. The zero-order valence-corrected chi connectivity index (χ0v) is 15.0. The van der Waals surface area contributed by atoms with Crippen molar-refractivity contribution in [1.29, 1.82) is 0 Å². The number of pyridine rings is 1. The number of aromatic nitrogens is 1. The maximum atomic E-state index is 8.88. The average molecular weight is 357 g/mol. The minimum atomic E-state index is 0.0263. The van der Waals surface area contributed by atoms with Crippen LogP contribution in [0, 0.1) is 0 Å². The van der Waals surface area contributed by atoms with Gasteiger partial charge in [-0.15, -0.1) is 0 Å². The fourth-order valence-corrected chi connectivity index (χ4v) is 3.23. The second kappa shape index (κ2) is 9.52. The van der Waals surface area contributed by atoms with Gasteiger partial charge in [0.2, 0.25) is 0 Å². The Balaban J connectivity index is 1.50. The number of nitrogen functional groups attached to an aromatic ring is 1. The lowest BCUT2D eigenvalue weighted by atomic mass is 10.1. The van der Waals surface area contributed by atoms with Gasteiger partial charge in [-0.3, -0.25) is 4.90 Å².